The predicted molar refractivity (Wildman–Crippen MR) is 112 cm³/mol. The molecule has 1 N–H and O–H groups in total. The molecule has 4 heterocycles. The molecule has 1 spiro atoms. The van der Waals surface area contributed by atoms with E-state index in [2.05, 4.69) is 51.1 Å². The monoisotopic (exact) mass is 377 g/mol. The van der Waals surface area contributed by atoms with Crippen LogP contribution >= 0.6 is 12.2 Å². The molecule has 5 rings (SSSR count). The molecule has 0 saturated carbocycles. The number of benzene rings is 1. The Kier molecular flexibility index (Phi) is 3.90. The second kappa shape index (κ2) is 6.30. The van der Waals surface area contributed by atoms with Crippen LogP contribution in [0.1, 0.15) is 25.5 Å². The quantitative estimate of drug-likeness (QED) is 0.694. The lowest BCUT2D eigenvalue weighted by Crippen LogP contribution is -2.40. The third kappa shape index (κ3) is 2.70. The SMILES string of the molecule is CCNC(=S)N1CCC2(CCn3nc(-c4cnc5ccccc5c4)cc32)C1. The Balaban J connectivity index is 1.46. The molecule has 0 bridgehead atoms. The molecule has 2 aliphatic heterocycles. The van der Waals surface area contributed by atoms with Gasteiger partial charge in [-0.05, 0) is 50.2 Å². The number of fused-ring (bicyclic) bond motifs is 3. The van der Waals surface area contributed by atoms with Gasteiger partial charge in [0.15, 0.2) is 5.11 Å². The van der Waals surface area contributed by atoms with E-state index in [9.17, 15) is 0 Å². The van der Waals surface area contributed by atoms with Crippen LogP contribution < -0.4 is 5.32 Å². The Morgan fingerprint density at radius 2 is 2.07 bits per heavy atom. The molecule has 27 heavy (non-hydrogen) atoms. The van der Waals surface area contributed by atoms with E-state index < -0.39 is 0 Å². The number of aryl methyl sites for hydroxylation is 1. The lowest BCUT2D eigenvalue weighted by molar-refractivity contribution is 0.417. The molecule has 1 unspecified atom stereocenters. The number of nitrogens with one attached hydrogen (secondary N) is 1. The highest BCUT2D eigenvalue weighted by Gasteiger charge is 2.46. The number of hydrogen-bond acceptors (Lipinski definition) is 3. The van der Waals surface area contributed by atoms with Crippen LogP contribution in [0.5, 0.6) is 0 Å². The highest BCUT2D eigenvalue weighted by molar-refractivity contribution is 7.80. The molecule has 0 radical (unpaired) electrons. The van der Waals surface area contributed by atoms with E-state index in [-0.39, 0.29) is 5.41 Å². The van der Waals surface area contributed by atoms with Crippen LogP contribution in [-0.4, -0.2) is 44.4 Å². The summed E-state index contributed by atoms with van der Waals surface area (Å²) in [6, 6.07) is 12.7. The van der Waals surface area contributed by atoms with E-state index in [0.29, 0.717) is 0 Å². The highest BCUT2D eigenvalue weighted by atomic mass is 32.1. The van der Waals surface area contributed by atoms with Crippen molar-refractivity contribution in [1.82, 2.24) is 25.0 Å². The zero-order valence-corrected chi connectivity index (χ0v) is 16.3. The van der Waals surface area contributed by atoms with E-state index in [1.807, 2.05) is 18.3 Å². The van der Waals surface area contributed by atoms with Gasteiger partial charge in [0.05, 0.1) is 11.2 Å². The maximum absolute atomic E-state index is 5.54. The summed E-state index contributed by atoms with van der Waals surface area (Å²) in [6.45, 7) is 5.95. The van der Waals surface area contributed by atoms with Crippen molar-refractivity contribution in [2.75, 3.05) is 19.6 Å². The number of nitrogens with zero attached hydrogens (tertiary/aromatic N) is 4. The fourth-order valence-corrected chi connectivity index (χ4v) is 4.84. The first kappa shape index (κ1) is 16.7. The van der Waals surface area contributed by atoms with Gasteiger partial charge in [0.2, 0.25) is 0 Å². The molecular formula is C21H23N5S. The zero-order chi connectivity index (χ0) is 18.4. The highest BCUT2D eigenvalue weighted by Crippen LogP contribution is 2.43. The second-order valence-corrected chi connectivity index (χ2v) is 7.98. The van der Waals surface area contributed by atoms with Gasteiger partial charge < -0.3 is 10.2 Å². The molecule has 2 aromatic heterocycles. The van der Waals surface area contributed by atoms with E-state index in [4.69, 9.17) is 17.3 Å². The summed E-state index contributed by atoms with van der Waals surface area (Å²) in [5.74, 6) is 0. The summed E-state index contributed by atoms with van der Waals surface area (Å²) >= 11 is 5.54. The Morgan fingerprint density at radius 3 is 2.96 bits per heavy atom. The molecule has 138 valence electrons. The van der Waals surface area contributed by atoms with Gasteiger partial charge in [0, 0.05) is 54.4 Å². The van der Waals surface area contributed by atoms with Crippen LogP contribution in [0.25, 0.3) is 22.2 Å². The maximum Gasteiger partial charge on any atom is 0.168 e. The maximum atomic E-state index is 5.54. The first-order valence-corrected chi connectivity index (χ1v) is 10.1. The van der Waals surface area contributed by atoms with Crippen LogP contribution in [0.15, 0.2) is 42.6 Å². The van der Waals surface area contributed by atoms with Crippen LogP contribution in [0.3, 0.4) is 0 Å². The predicted octanol–water partition coefficient (Wildman–Crippen LogP) is 3.34. The third-order valence-electron chi connectivity index (χ3n) is 5.98. The van der Waals surface area contributed by atoms with Crippen molar-refractivity contribution in [1.29, 1.82) is 0 Å². The molecule has 2 aliphatic rings. The Bertz CT molecular complexity index is 1030. The molecule has 5 nitrogen and oxygen atoms in total. The Labute approximate surface area is 164 Å². The molecule has 1 atom stereocenters. The number of aromatic nitrogens is 3. The van der Waals surface area contributed by atoms with E-state index in [1.165, 1.54) is 5.69 Å². The van der Waals surface area contributed by atoms with Crippen LogP contribution in [0.2, 0.25) is 0 Å². The number of rotatable bonds is 2. The first-order valence-electron chi connectivity index (χ1n) is 9.65. The van der Waals surface area contributed by atoms with Crippen LogP contribution in [-0.2, 0) is 12.0 Å². The van der Waals surface area contributed by atoms with Gasteiger partial charge in [0.1, 0.15) is 0 Å². The molecule has 0 amide bonds. The minimum Gasteiger partial charge on any atom is -0.363 e. The van der Waals surface area contributed by atoms with Gasteiger partial charge >= 0.3 is 0 Å². The fraction of sp³-hybridized carbons (Fsp3) is 0.381. The average molecular weight is 378 g/mol. The summed E-state index contributed by atoms with van der Waals surface area (Å²) in [5.41, 5.74) is 4.66. The van der Waals surface area contributed by atoms with Crippen molar-refractivity contribution in [3.63, 3.8) is 0 Å². The minimum atomic E-state index is 0.176. The van der Waals surface area contributed by atoms with Gasteiger partial charge in [-0.25, -0.2) is 0 Å². The lowest BCUT2D eigenvalue weighted by atomic mass is 9.82. The Morgan fingerprint density at radius 1 is 1.22 bits per heavy atom. The van der Waals surface area contributed by atoms with Crippen molar-refractivity contribution >= 4 is 28.2 Å². The van der Waals surface area contributed by atoms with Gasteiger partial charge in [-0.15, -0.1) is 0 Å². The number of para-hydroxylation sites is 1. The van der Waals surface area contributed by atoms with Crippen molar-refractivity contribution in [2.24, 2.45) is 0 Å². The third-order valence-corrected chi connectivity index (χ3v) is 6.38. The molecule has 1 aromatic carbocycles. The Hall–Kier alpha value is -2.47. The molecule has 3 aromatic rings. The van der Waals surface area contributed by atoms with Crippen molar-refractivity contribution in [3.05, 3.63) is 48.3 Å². The van der Waals surface area contributed by atoms with Gasteiger partial charge in [-0.3, -0.25) is 9.67 Å². The van der Waals surface area contributed by atoms with Crippen molar-refractivity contribution in [2.45, 2.75) is 31.7 Å². The topological polar surface area (TPSA) is 46.0 Å². The molecular weight excluding hydrogens is 354 g/mol. The number of hydrogen-bond donors (Lipinski definition) is 1. The largest absolute Gasteiger partial charge is 0.363 e. The summed E-state index contributed by atoms with van der Waals surface area (Å²) in [7, 11) is 0. The summed E-state index contributed by atoms with van der Waals surface area (Å²) < 4.78 is 2.20. The van der Waals surface area contributed by atoms with E-state index in [1.54, 1.807) is 0 Å². The fourth-order valence-electron chi connectivity index (χ4n) is 4.54. The standard InChI is InChI=1S/C21H23N5S/c1-2-22-20(27)25-9-7-21(14-25)8-10-26-19(21)12-18(24-26)16-11-15-5-3-4-6-17(15)23-13-16/h3-6,11-13H,2,7-10,14H2,1H3,(H,22,27). The summed E-state index contributed by atoms with van der Waals surface area (Å²) in [5, 5.41) is 10.2. The van der Waals surface area contributed by atoms with Gasteiger partial charge in [-0.2, -0.15) is 5.10 Å². The van der Waals surface area contributed by atoms with Crippen molar-refractivity contribution < 1.29 is 0 Å². The smallest absolute Gasteiger partial charge is 0.168 e. The number of likely N-dealkylation sites (tertiary alicyclic amines) is 1. The first-order chi connectivity index (χ1) is 13.2. The molecule has 1 fully saturated rings. The molecule has 6 heteroatoms. The average Bonchev–Trinajstić information content (AvgIpc) is 3.39. The lowest BCUT2D eigenvalue weighted by Gasteiger charge is -2.25. The zero-order valence-electron chi connectivity index (χ0n) is 15.5. The summed E-state index contributed by atoms with van der Waals surface area (Å²) in [6.07, 6.45) is 4.23. The van der Waals surface area contributed by atoms with Gasteiger partial charge in [0.25, 0.3) is 0 Å². The van der Waals surface area contributed by atoms with Crippen LogP contribution in [0, 0.1) is 0 Å². The molecule has 1 saturated heterocycles. The van der Waals surface area contributed by atoms with E-state index >= 15 is 0 Å². The minimum absolute atomic E-state index is 0.176. The summed E-state index contributed by atoms with van der Waals surface area (Å²) in [4.78, 5) is 6.92. The van der Waals surface area contributed by atoms with Crippen LogP contribution in [0.4, 0.5) is 0 Å². The van der Waals surface area contributed by atoms with Gasteiger partial charge in [-0.1, -0.05) is 18.2 Å². The molecule has 0 aliphatic carbocycles. The number of thiocarbonyl (C=S) groups is 1. The second-order valence-electron chi connectivity index (χ2n) is 7.59. The number of pyridine rings is 1. The normalized spacial score (nSPS) is 21.1. The van der Waals surface area contributed by atoms with Crippen molar-refractivity contribution in [3.8, 4) is 11.3 Å². The van der Waals surface area contributed by atoms with E-state index in [0.717, 1.165) is 66.3 Å².